The predicted octanol–water partition coefficient (Wildman–Crippen LogP) is 4.42. The molecule has 3 fully saturated rings. The van der Waals surface area contributed by atoms with Crippen molar-refractivity contribution in [2.75, 3.05) is 57.3 Å². The van der Waals surface area contributed by atoms with Gasteiger partial charge in [-0.25, -0.2) is 15.0 Å². The molecule has 1 unspecified atom stereocenters. The Bertz CT molecular complexity index is 1380. The number of carbonyl (C=O) groups is 1. The van der Waals surface area contributed by atoms with Gasteiger partial charge in [0.15, 0.2) is 5.75 Å². The van der Waals surface area contributed by atoms with Crippen LogP contribution in [0, 0.1) is 5.92 Å². The number of rotatable bonds is 8. The molecule has 3 aliphatic heterocycles. The summed E-state index contributed by atoms with van der Waals surface area (Å²) in [4.78, 5) is 32.3. The molecule has 2 N–H and O–H groups in total. The molecule has 2 aromatic heterocycles. The topological polar surface area (TPSA) is 107 Å². The number of benzene rings is 1. The summed E-state index contributed by atoms with van der Waals surface area (Å²) in [7, 11) is 0. The number of piperazine rings is 2. The van der Waals surface area contributed by atoms with Crippen molar-refractivity contribution in [1.82, 2.24) is 30.1 Å². The number of piperidine rings is 1. The van der Waals surface area contributed by atoms with Crippen molar-refractivity contribution >= 4 is 35.1 Å². The van der Waals surface area contributed by atoms with Crippen molar-refractivity contribution in [3.63, 3.8) is 0 Å². The van der Waals surface area contributed by atoms with Crippen LogP contribution >= 0.6 is 23.2 Å². The molecule has 10 nitrogen and oxygen atoms in total. The van der Waals surface area contributed by atoms with Crippen LogP contribution in [0.25, 0.3) is 11.3 Å². The Balaban J connectivity index is 1.18. The standard InChI is InChI=1S/C30H35Cl2N7O3/c31-23-12-22(13-24(32)14-23)27-9-21(18-37-4-1-20(2-5-37)11-29(40)41)10-28(36-27)42-26-16-34-30(35-17-26)39-8-7-38-6-3-33-15-25(38)19-39/h9-10,12-14,16-17,20,25,33H,1-8,11,15,18-19H2,(H,40,41). The Morgan fingerprint density at radius 3 is 2.50 bits per heavy atom. The van der Waals surface area contributed by atoms with Gasteiger partial charge in [-0.3, -0.25) is 14.6 Å². The van der Waals surface area contributed by atoms with E-state index in [0.717, 1.165) is 76.3 Å². The summed E-state index contributed by atoms with van der Waals surface area (Å²) in [6.45, 7) is 8.31. The van der Waals surface area contributed by atoms with Crippen LogP contribution in [0.15, 0.2) is 42.7 Å². The van der Waals surface area contributed by atoms with Crippen LogP contribution in [-0.2, 0) is 11.3 Å². The molecular formula is C30H35Cl2N7O3. The van der Waals surface area contributed by atoms with Crippen LogP contribution < -0.4 is 15.0 Å². The SMILES string of the molecule is O=C(O)CC1CCN(Cc2cc(Oc3cnc(N4CCN5CCNCC5C4)nc3)nc(-c3cc(Cl)cc(Cl)c3)c2)CC1. The molecule has 0 saturated carbocycles. The second-order valence-electron chi connectivity index (χ2n) is 11.3. The van der Waals surface area contributed by atoms with Gasteiger partial charge in [0.05, 0.1) is 18.1 Å². The van der Waals surface area contributed by atoms with Crippen molar-refractivity contribution in [2.45, 2.75) is 31.8 Å². The maximum absolute atomic E-state index is 11.1. The zero-order chi connectivity index (χ0) is 29.1. The second kappa shape index (κ2) is 13.1. The summed E-state index contributed by atoms with van der Waals surface area (Å²) >= 11 is 12.6. The molecule has 0 radical (unpaired) electrons. The molecule has 12 heteroatoms. The number of aromatic nitrogens is 3. The molecule has 6 rings (SSSR count). The lowest BCUT2D eigenvalue weighted by Gasteiger charge is -2.44. The number of likely N-dealkylation sites (tertiary alicyclic amines) is 1. The minimum atomic E-state index is -0.727. The predicted molar refractivity (Wildman–Crippen MR) is 162 cm³/mol. The van der Waals surface area contributed by atoms with Gasteiger partial charge in [-0.15, -0.1) is 0 Å². The van der Waals surface area contributed by atoms with Crippen molar-refractivity contribution in [2.24, 2.45) is 5.92 Å². The highest BCUT2D eigenvalue weighted by atomic mass is 35.5. The van der Waals surface area contributed by atoms with Gasteiger partial charge in [0, 0.05) is 80.0 Å². The summed E-state index contributed by atoms with van der Waals surface area (Å²) in [5.74, 6) is 1.14. The lowest BCUT2D eigenvalue weighted by Crippen LogP contribution is -2.61. The van der Waals surface area contributed by atoms with Crippen LogP contribution in [0.2, 0.25) is 10.0 Å². The summed E-state index contributed by atoms with van der Waals surface area (Å²) in [6, 6.07) is 9.79. The average molecular weight is 613 g/mol. The summed E-state index contributed by atoms with van der Waals surface area (Å²) < 4.78 is 6.20. The molecule has 0 amide bonds. The molecular weight excluding hydrogens is 577 g/mol. The number of pyridine rings is 1. The maximum atomic E-state index is 11.1. The van der Waals surface area contributed by atoms with Crippen molar-refractivity contribution in [3.8, 4) is 22.9 Å². The van der Waals surface area contributed by atoms with Gasteiger partial charge >= 0.3 is 5.97 Å². The zero-order valence-electron chi connectivity index (χ0n) is 23.4. The highest BCUT2D eigenvalue weighted by Crippen LogP contribution is 2.31. The molecule has 3 saturated heterocycles. The van der Waals surface area contributed by atoms with E-state index >= 15 is 0 Å². The van der Waals surface area contributed by atoms with Gasteiger partial charge < -0.3 is 20.1 Å². The molecule has 3 aliphatic rings. The Kier molecular flexibility index (Phi) is 9.06. The van der Waals surface area contributed by atoms with Crippen LogP contribution in [0.5, 0.6) is 11.6 Å². The number of ether oxygens (including phenoxy) is 1. The maximum Gasteiger partial charge on any atom is 0.303 e. The molecule has 1 atom stereocenters. The molecule has 0 bridgehead atoms. The van der Waals surface area contributed by atoms with Gasteiger partial charge in [-0.05, 0) is 61.7 Å². The monoisotopic (exact) mass is 611 g/mol. The second-order valence-corrected chi connectivity index (χ2v) is 12.2. The summed E-state index contributed by atoms with van der Waals surface area (Å²) in [5.41, 5.74) is 2.52. The van der Waals surface area contributed by atoms with Crippen molar-refractivity contribution in [3.05, 3.63) is 58.3 Å². The summed E-state index contributed by atoms with van der Waals surface area (Å²) in [6.07, 6.45) is 5.37. The number of nitrogens with zero attached hydrogens (tertiary/aromatic N) is 6. The van der Waals surface area contributed by atoms with E-state index in [1.807, 2.05) is 24.3 Å². The van der Waals surface area contributed by atoms with Crippen molar-refractivity contribution < 1.29 is 14.6 Å². The first-order chi connectivity index (χ1) is 20.4. The van der Waals surface area contributed by atoms with Gasteiger partial charge in [0.2, 0.25) is 11.8 Å². The van der Waals surface area contributed by atoms with Gasteiger partial charge in [0.25, 0.3) is 0 Å². The molecule has 42 heavy (non-hydrogen) atoms. The fraction of sp³-hybridized carbons (Fsp3) is 0.467. The number of halogens is 2. The number of hydrogen-bond acceptors (Lipinski definition) is 9. The number of hydrogen-bond donors (Lipinski definition) is 2. The van der Waals surface area contributed by atoms with Crippen LogP contribution in [0.1, 0.15) is 24.8 Å². The van der Waals surface area contributed by atoms with Gasteiger partial charge in [0.1, 0.15) is 0 Å². The Morgan fingerprint density at radius 2 is 1.76 bits per heavy atom. The normalized spacial score (nSPS) is 20.3. The van der Waals surface area contributed by atoms with E-state index in [1.54, 1.807) is 18.5 Å². The van der Waals surface area contributed by atoms with Crippen LogP contribution in [0.3, 0.4) is 0 Å². The third-order valence-corrected chi connectivity index (χ3v) is 8.71. The minimum Gasteiger partial charge on any atom is -0.481 e. The number of aliphatic carboxylic acids is 1. The van der Waals surface area contributed by atoms with E-state index in [1.165, 1.54) is 0 Å². The largest absolute Gasteiger partial charge is 0.481 e. The molecule has 5 heterocycles. The first-order valence-electron chi connectivity index (χ1n) is 14.5. The lowest BCUT2D eigenvalue weighted by atomic mass is 9.93. The Hall–Kier alpha value is -3.02. The Morgan fingerprint density at radius 1 is 1.00 bits per heavy atom. The smallest absolute Gasteiger partial charge is 0.303 e. The fourth-order valence-electron chi connectivity index (χ4n) is 6.11. The third kappa shape index (κ3) is 7.30. The summed E-state index contributed by atoms with van der Waals surface area (Å²) in [5, 5.41) is 13.7. The molecule has 0 spiro atoms. The molecule has 0 aliphatic carbocycles. The minimum absolute atomic E-state index is 0.227. The van der Waals surface area contributed by atoms with Gasteiger partial charge in [-0.1, -0.05) is 23.2 Å². The van der Waals surface area contributed by atoms with Gasteiger partial charge in [-0.2, -0.15) is 0 Å². The highest BCUT2D eigenvalue weighted by Gasteiger charge is 2.30. The van der Waals surface area contributed by atoms with E-state index in [-0.39, 0.29) is 12.3 Å². The zero-order valence-corrected chi connectivity index (χ0v) is 24.9. The van der Waals surface area contributed by atoms with Crippen LogP contribution in [0.4, 0.5) is 5.95 Å². The Labute approximate surface area is 255 Å². The van der Waals surface area contributed by atoms with E-state index in [9.17, 15) is 4.79 Å². The number of anilines is 1. The fourth-order valence-corrected chi connectivity index (χ4v) is 6.63. The highest BCUT2D eigenvalue weighted by molar-refractivity contribution is 6.35. The van der Waals surface area contributed by atoms with E-state index < -0.39 is 5.97 Å². The lowest BCUT2D eigenvalue weighted by molar-refractivity contribution is -0.138. The average Bonchev–Trinajstić information content (AvgIpc) is 2.97. The third-order valence-electron chi connectivity index (χ3n) is 8.28. The first kappa shape index (κ1) is 29.1. The van der Waals surface area contributed by atoms with Crippen molar-refractivity contribution in [1.29, 1.82) is 0 Å². The molecule has 3 aromatic rings. The number of carboxylic acids is 1. The molecule has 222 valence electrons. The number of nitrogens with one attached hydrogen (secondary N) is 1. The quantitative estimate of drug-likeness (QED) is 0.380. The molecule has 1 aromatic carbocycles. The van der Waals surface area contributed by atoms with E-state index in [2.05, 4.69) is 30.0 Å². The van der Waals surface area contributed by atoms with E-state index in [4.69, 9.17) is 38.0 Å². The van der Waals surface area contributed by atoms with E-state index in [0.29, 0.717) is 45.9 Å². The number of fused-ring (bicyclic) bond motifs is 1. The first-order valence-corrected chi connectivity index (χ1v) is 15.2. The number of carboxylic acid groups (broad SMARTS) is 1. The van der Waals surface area contributed by atoms with Crippen LogP contribution in [-0.4, -0.2) is 94.2 Å².